The van der Waals surface area contributed by atoms with E-state index in [-0.39, 0.29) is 17.3 Å². The molecule has 60 valence electrons. The van der Waals surface area contributed by atoms with Crippen LogP contribution in [0.5, 0.6) is 0 Å². The van der Waals surface area contributed by atoms with E-state index in [1.165, 1.54) is 0 Å². The highest BCUT2D eigenvalue weighted by atomic mass is 35.5. The lowest BCUT2D eigenvalue weighted by Gasteiger charge is -1.42. The molecule has 0 aromatic heterocycles. The van der Waals surface area contributed by atoms with E-state index in [4.69, 9.17) is 38.2 Å². The molecule has 0 aromatic rings. The lowest BCUT2D eigenvalue weighted by Crippen LogP contribution is -1.49. The summed E-state index contributed by atoms with van der Waals surface area (Å²) in [7, 11) is 1.00. The molecule has 0 aliphatic heterocycles. The maximum Gasteiger partial charge on any atom is 0.290 e. The molecule has 0 aromatic carbocycles. The van der Waals surface area contributed by atoms with Crippen molar-refractivity contribution in [3.8, 4) is 0 Å². The van der Waals surface area contributed by atoms with Gasteiger partial charge in [-0.15, -0.1) is 23.2 Å². The van der Waals surface area contributed by atoms with E-state index >= 15 is 0 Å². The average molecular weight is 181 g/mol. The molecule has 0 heterocycles. The highest BCUT2D eigenvalue weighted by molar-refractivity contribution is 6.40. The molecule has 0 unspecified atom stereocenters. The summed E-state index contributed by atoms with van der Waals surface area (Å²) < 4.78 is 0. The predicted octanol–water partition coefficient (Wildman–Crippen LogP) is -0.0939. The van der Waals surface area contributed by atoms with Crippen molar-refractivity contribution in [3.63, 3.8) is 0 Å². The molecule has 0 aliphatic carbocycles. The van der Waals surface area contributed by atoms with Crippen molar-refractivity contribution in [2.24, 2.45) is 0 Å². The Kier molecular flexibility index (Phi) is 256. The molecule has 0 fully saturated rings. The van der Waals surface area contributed by atoms with Crippen molar-refractivity contribution in [1.82, 2.24) is 0 Å². The van der Waals surface area contributed by atoms with Crippen LogP contribution in [-0.2, 0) is 4.79 Å². The molecule has 0 rings (SSSR count). The van der Waals surface area contributed by atoms with E-state index in [9.17, 15) is 0 Å². The van der Waals surface area contributed by atoms with Crippen LogP contribution < -0.4 is 0 Å². The number of aliphatic hydroxyl groups excluding tert-OH is 1. The quantitative estimate of drug-likeness (QED) is 0.404. The SMILES string of the molecule is CO.ClCCl.O.O=CO. The van der Waals surface area contributed by atoms with Crippen LogP contribution in [0, 0.1) is 0 Å². The van der Waals surface area contributed by atoms with Gasteiger partial charge in [-0.2, -0.15) is 0 Å². The van der Waals surface area contributed by atoms with Gasteiger partial charge in [0.1, 0.15) is 0 Å². The Morgan fingerprint density at radius 1 is 1.44 bits per heavy atom. The minimum absolute atomic E-state index is 0. The third-order valence-electron chi connectivity index (χ3n) is 0. The number of carbonyl (C=O) groups is 1. The average Bonchev–Trinajstić information content (AvgIpc) is 1.75. The van der Waals surface area contributed by atoms with Gasteiger partial charge in [-0.05, 0) is 0 Å². The Bertz CT molecular complexity index is 27.8. The number of hydrogen-bond donors (Lipinski definition) is 2. The van der Waals surface area contributed by atoms with E-state index in [1.54, 1.807) is 0 Å². The fourth-order valence-electron chi connectivity index (χ4n) is 0. The zero-order valence-electron chi connectivity index (χ0n) is 4.84. The van der Waals surface area contributed by atoms with E-state index in [0.717, 1.165) is 7.11 Å². The molecule has 0 saturated carbocycles. The number of carboxylic acid groups (broad SMARTS) is 1. The lowest BCUT2D eigenvalue weighted by atomic mass is 11.7. The maximum absolute atomic E-state index is 8.36. The molecule has 0 radical (unpaired) electrons. The van der Waals surface area contributed by atoms with Crippen molar-refractivity contribution >= 4 is 29.7 Å². The normalized spacial score (nSPS) is 4.00. The van der Waals surface area contributed by atoms with Gasteiger partial charge in [0.25, 0.3) is 6.47 Å². The Labute approximate surface area is 63.3 Å². The second-order valence-electron chi connectivity index (χ2n) is 0.206. The maximum atomic E-state index is 8.36. The van der Waals surface area contributed by atoms with E-state index < -0.39 is 0 Å². The van der Waals surface area contributed by atoms with Crippen molar-refractivity contribution in [3.05, 3.63) is 0 Å². The van der Waals surface area contributed by atoms with Gasteiger partial charge in [0, 0.05) is 7.11 Å². The van der Waals surface area contributed by atoms with Crippen molar-refractivity contribution < 1.29 is 20.5 Å². The third kappa shape index (κ3) is 316000. The molecule has 0 saturated heterocycles. The smallest absolute Gasteiger partial charge is 0.290 e. The molecular formula is C3H10Cl2O4. The molecule has 0 bridgehead atoms. The minimum atomic E-state index is -0.250. The van der Waals surface area contributed by atoms with Gasteiger partial charge in [0.2, 0.25) is 0 Å². The van der Waals surface area contributed by atoms with E-state index in [2.05, 4.69) is 0 Å². The third-order valence-corrected chi connectivity index (χ3v) is 0. The highest BCUT2D eigenvalue weighted by Gasteiger charge is 1.41. The number of alkyl halides is 2. The first kappa shape index (κ1) is 23.1. The zero-order chi connectivity index (χ0) is 7.41. The molecule has 0 atom stereocenters. The molecule has 0 aliphatic rings. The van der Waals surface area contributed by atoms with Crippen LogP contribution in [0.25, 0.3) is 0 Å². The minimum Gasteiger partial charge on any atom is -0.483 e. The van der Waals surface area contributed by atoms with Crippen LogP contribution in [0.3, 0.4) is 0 Å². The molecule has 6 heteroatoms. The number of rotatable bonds is 0. The van der Waals surface area contributed by atoms with Crippen LogP contribution in [0.1, 0.15) is 0 Å². The van der Waals surface area contributed by atoms with Gasteiger partial charge in [-0.25, -0.2) is 0 Å². The van der Waals surface area contributed by atoms with Gasteiger partial charge in [0.05, 0.1) is 5.34 Å². The Morgan fingerprint density at radius 2 is 1.44 bits per heavy atom. The summed E-state index contributed by atoms with van der Waals surface area (Å²) in [6.07, 6.45) is 0. The fraction of sp³-hybridized carbons (Fsp3) is 0.667. The van der Waals surface area contributed by atoms with Crippen LogP contribution in [0.2, 0.25) is 0 Å². The second-order valence-corrected chi connectivity index (χ2v) is 1.01. The van der Waals surface area contributed by atoms with Crippen molar-refractivity contribution in [2.75, 3.05) is 12.4 Å². The largest absolute Gasteiger partial charge is 0.483 e. The molecule has 0 amide bonds. The molecule has 4 N–H and O–H groups in total. The summed E-state index contributed by atoms with van der Waals surface area (Å²) in [6.45, 7) is -0.250. The summed E-state index contributed by atoms with van der Waals surface area (Å²) in [5, 5.41) is 14.1. The Balaban J connectivity index is -0.0000000202. The van der Waals surface area contributed by atoms with Crippen LogP contribution in [0.15, 0.2) is 0 Å². The number of halogens is 2. The highest BCUT2D eigenvalue weighted by Crippen LogP contribution is 1.73. The standard InChI is InChI=1S/CH2Cl2.CH2O2.CH4O.H2O/c2*2-1-3;1-2;/h1H2;1H,(H,2,3);2H,1H3;1H2. The lowest BCUT2D eigenvalue weighted by molar-refractivity contribution is -0.122. The second kappa shape index (κ2) is 99.8. The van der Waals surface area contributed by atoms with Crippen molar-refractivity contribution in [1.29, 1.82) is 0 Å². The summed E-state index contributed by atoms with van der Waals surface area (Å²) >= 11 is 9.53. The summed E-state index contributed by atoms with van der Waals surface area (Å²) in [4.78, 5) is 8.36. The first-order valence-electron chi connectivity index (χ1n) is 1.48. The van der Waals surface area contributed by atoms with Gasteiger partial charge >= 0.3 is 0 Å². The van der Waals surface area contributed by atoms with Crippen LogP contribution >= 0.6 is 23.2 Å². The number of aliphatic hydroxyl groups is 1. The first-order chi connectivity index (χ1) is 3.83. The summed E-state index contributed by atoms with van der Waals surface area (Å²) in [5.74, 6) is 0. The van der Waals surface area contributed by atoms with Crippen molar-refractivity contribution in [2.45, 2.75) is 0 Å². The van der Waals surface area contributed by atoms with Gasteiger partial charge in [-0.1, -0.05) is 0 Å². The molecular weight excluding hydrogens is 171 g/mol. The van der Waals surface area contributed by atoms with Gasteiger partial charge < -0.3 is 15.7 Å². The number of hydrogen-bond acceptors (Lipinski definition) is 2. The molecule has 4 nitrogen and oxygen atoms in total. The zero-order valence-corrected chi connectivity index (χ0v) is 6.35. The van der Waals surface area contributed by atoms with Crippen LogP contribution in [0.4, 0.5) is 0 Å². The van der Waals surface area contributed by atoms with Gasteiger partial charge in [-0.3, -0.25) is 4.79 Å². The monoisotopic (exact) mass is 180 g/mol. The molecule has 0 spiro atoms. The summed E-state index contributed by atoms with van der Waals surface area (Å²) in [5.41, 5.74) is 0. The topological polar surface area (TPSA) is 89.0 Å². The van der Waals surface area contributed by atoms with Crippen LogP contribution in [-0.4, -0.2) is 34.6 Å². The van der Waals surface area contributed by atoms with E-state index in [1.807, 2.05) is 0 Å². The van der Waals surface area contributed by atoms with Gasteiger partial charge in [0.15, 0.2) is 0 Å². The predicted molar refractivity (Wildman–Crippen MR) is 37.0 cm³/mol. The molecule has 9 heavy (non-hydrogen) atoms. The Morgan fingerprint density at radius 3 is 1.44 bits per heavy atom. The fourth-order valence-corrected chi connectivity index (χ4v) is 0. The Hall–Kier alpha value is -0.0300. The summed E-state index contributed by atoms with van der Waals surface area (Å²) in [6, 6.07) is 0. The first-order valence-corrected chi connectivity index (χ1v) is 2.54. The van der Waals surface area contributed by atoms with E-state index in [0.29, 0.717) is 0 Å².